The fourth-order valence-corrected chi connectivity index (χ4v) is 3.20. The summed E-state index contributed by atoms with van der Waals surface area (Å²) >= 11 is 3.26. The van der Waals surface area contributed by atoms with Gasteiger partial charge in [0.05, 0.1) is 5.56 Å². The van der Waals surface area contributed by atoms with Crippen molar-refractivity contribution in [3.8, 4) is 0 Å². The van der Waals surface area contributed by atoms with E-state index in [1.165, 1.54) is 18.9 Å². The van der Waals surface area contributed by atoms with Crippen LogP contribution in [-0.2, 0) is 0 Å². The fraction of sp³-hybridized carbons (Fsp3) is 0.533. The zero-order valence-corrected chi connectivity index (χ0v) is 12.7. The topological polar surface area (TPSA) is 20.3 Å². The van der Waals surface area contributed by atoms with Gasteiger partial charge in [0.1, 0.15) is 5.82 Å². The van der Waals surface area contributed by atoms with E-state index in [4.69, 9.17) is 0 Å². The van der Waals surface area contributed by atoms with Gasteiger partial charge in [-0.05, 0) is 46.8 Å². The molecule has 2 nitrogen and oxygen atoms in total. The fourth-order valence-electron chi connectivity index (χ4n) is 2.69. The summed E-state index contributed by atoms with van der Waals surface area (Å²) in [5, 5.41) is 0. The third kappa shape index (κ3) is 3.35. The van der Waals surface area contributed by atoms with Crippen LogP contribution in [0.25, 0.3) is 0 Å². The van der Waals surface area contributed by atoms with Gasteiger partial charge >= 0.3 is 0 Å². The molecule has 0 atom stereocenters. The van der Waals surface area contributed by atoms with Crippen LogP contribution >= 0.6 is 15.9 Å². The molecule has 1 aromatic carbocycles. The van der Waals surface area contributed by atoms with Crippen LogP contribution in [0.3, 0.4) is 0 Å². The molecule has 1 fully saturated rings. The quantitative estimate of drug-likeness (QED) is 0.813. The second kappa shape index (κ2) is 6.51. The van der Waals surface area contributed by atoms with Gasteiger partial charge in [-0.1, -0.05) is 25.8 Å². The van der Waals surface area contributed by atoms with E-state index in [1.54, 1.807) is 17.0 Å². The summed E-state index contributed by atoms with van der Waals surface area (Å²) in [5.41, 5.74) is 0.163. The molecular weight excluding hydrogens is 309 g/mol. The average Bonchev–Trinajstić information content (AvgIpc) is 2.39. The minimum absolute atomic E-state index is 0.163. The summed E-state index contributed by atoms with van der Waals surface area (Å²) in [6.45, 7) is 3.67. The SMILES string of the molecule is CCCC1CCN(C(=O)c2c(F)cccc2Br)CC1. The number of hydrogen-bond donors (Lipinski definition) is 0. The predicted molar refractivity (Wildman–Crippen MR) is 77.6 cm³/mol. The van der Waals surface area contributed by atoms with Crippen molar-refractivity contribution in [2.45, 2.75) is 32.6 Å². The highest BCUT2D eigenvalue weighted by molar-refractivity contribution is 9.10. The maximum atomic E-state index is 13.8. The number of carbonyl (C=O) groups is 1. The second-order valence-electron chi connectivity index (χ2n) is 5.12. The Morgan fingerprint density at radius 2 is 2.11 bits per heavy atom. The Labute approximate surface area is 122 Å². The molecule has 1 saturated heterocycles. The zero-order valence-electron chi connectivity index (χ0n) is 11.2. The lowest BCUT2D eigenvalue weighted by molar-refractivity contribution is 0.0681. The Balaban J connectivity index is 2.05. The van der Waals surface area contributed by atoms with E-state index in [1.807, 2.05) is 0 Å². The summed E-state index contributed by atoms with van der Waals surface area (Å²) < 4.78 is 14.3. The Kier molecular flexibility index (Phi) is 4.97. The average molecular weight is 328 g/mol. The van der Waals surface area contributed by atoms with Gasteiger partial charge in [0.15, 0.2) is 0 Å². The molecule has 104 valence electrons. The first kappa shape index (κ1) is 14.5. The molecule has 0 radical (unpaired) electrons. The molecule has 0 N–H and O–H groups in total. The molecule has 2 rings (SSSR count). The number of amides is 1. The number of nitrogens with zero attached hydrogens (tertiary/aromatic N) is 1. The highest BCUT2D eigenvalue weighted by atomic mass is 79.9. The third-order valence-corrected chi connectivity index (χ3v) is 4.44. The van der Waals surface area contributed by atoms with Gasteiger partial charge in [0.2, 0.25) is 0 Å². The van der Waals surface area contributed by atoms with Crippen LogP contribution in [0, 0.1) is 11.7 Å². The minimum atomic E-state index is -0.449. The molecule has 0 unspecified atom stereocenters. The summed E-state index contributed by atoms with van der Waals surface area (Å²) in [7, 11) is 0. The van der Waals surface area contributed by atoms with Gasteiger partial charge in [0.25, 0.3) is 5.91 Å². The normalized spacial score (nSPS) is 16.7. The lowest BCUT2D eigenvalue weighted by Crippen LogP contribution is -2.39. The molecule has 0 aliphatic carbocycles. The second-order valence-corrected chi connectivity index (χ2v) is 5.98. The molecule has 1 heterocycles. The number of rotatable bonds is 3. The van der Waals surface area contributed by atoms with Gasteiger partial charge in [-0.25, -0.2) is 4.39 Å². The Hall–Kier alpha value is -0.900. The van der Waals surface area contributed by atoms with Crippen LogP contribution in [0.1, 0.15) is 43.0 Å². The van der Waals surface area contributed by atoms with Crippen LogP contribution in [0.2, 0.25) is 0 Å². The number of carbonyl (C=O) groups excluding carboxylic acids is 1. The molecule has 0 saturated carbocycles. The van der Waals surface area contributed by atoms with Crippen molar-refractivity contribution >= 4 is 21.8 Å². The molecule has 0 bridgehead atoms. The smallest absolute Gasteiger partial charge is 0.257 e. The minimum Gasteiger partial charge on any atom is -0.339 e. The van der Waals surface area contributed by atoms with Gasteiger partial charge in [-0.3, -0.25) is 4.79 Å². The van der Waals surface area contributed by atoms with E-state index < -0.39 is 5.82 Å². The van der Waals surface area contributed by atoms with Crippen molar-refractivity contribution in [2.75, 3.05) is 13.1 Å². The Morgan fingerprint density at radius 1 is 1.42 bits per heavy atom. The summed E-state index contributed by atoms with van der Waals surface area (Å²) in [4.78, 5) is 14.1. The number of halogens is 2. The van der Waals surface area contributed by atoms with Crippen molar-refractivity contribution in [1.82, 2.24) is 4.90 Å². The lowest BCUT2D eigenvalue weighted by Gasteiger charge is -2.32. The predicted octanol–water partition coefficient (Wildman–Crippen LogP) is 4.24. The summed E-state index contributed by atoms with van der Waals surface area (Å²) in [5.74, 6) is 0.0769. The van der Waals surface area contributed by atoms with Crippen molar-refractivity contribution in [3.05, 3.63) is 34.1 Å². The maximum absolute atomic E-state index is 13.8. The molecule has 0 spiro atoms. The molecule has 19 heavy (non-hydrogen) atoms. The van der Waals surface area contributed by atoms with E-state index in [-0.39, 0.29) is 11.5 Å². The zero-order chi connectivity index (χ0) is 13.8. The first-order chi connectivity index (χ1) is 9.13. The van der Waals surface area contributed by atoms with E-state index in [0.29, 0.717) is 4.47 Å². The summed E-state index contributed by atoms with van der Waals surface area (Å²) in [6.07, 6.45) is 4.49. The molecule has 4 heteroatoms. The van der Waals surface area contributed by atoms with Crippen LogP contribution in [0.15, 0.2) is 22.7 Å². The monoisotopic (exact) mass is 327 g/mol. The van der Waals surface area contributed by atoms with Crippen LogP contribution in [-0.4, -0.2) is 23.9 Å². The van der Waals surface area contributed by atoms with E-state index in [0.717, 1.165) is 31.8 Å². The van der Waals surface area contributed by atoms with Crippen LogP contribution in [0.5, 0.6) is 0 Å². The summed E-state index contributed by atoms with van der Waals surface area (Å²) in [6, 6.07) is 4.64. The maximum Gasteiger partial charge on any atom is 0.257 e. The Bertz CT molecular complexity index is 435. The molecule has 1 amide bonds. The van der Waals surface area contributed by atoms with E-state index in [9.17, 15) is 9.18 Å². The standard InChI is InChI=1S/C15H19BrFNO/c1-2-4-11-7-9-18(10-8-11)15(19)14-12(16)5-3-6-13(14)17/h3,5-6,11H,2,4,7-10H2,1H3. The molecule has 1 aromatic rings. The van der Waals surface area contributed by atoms with Crippen LogP contribution < -0.4 is 0 Å². The van der Waals surface area contributed by atoms with Gasteiger partial charge in [-0.15, -0.1) is 0 Å². The first-order valence-electron chi connectivity index (χ1n) is 6.86. The van der Waals surface area contributed by atoms with Gasteiger partial charge in [-0.2, -0.15) is 0 Å². The van der Waals surface area contributed by atoms with Gasteiger partial charge in [0, 0.05) is 17.6 Å². The molecule has 0 aromatic heterocycles. The van der Waals surface area contributed by atoms with E-state index >= 15 is 0 Å². The number of hydrogen-bond acceptors (Lipinski definition) is 1. The largest absolute Gasteiger partial charge is 0.339 e. The third-order valence-electron chi connectivity index (χ3n) is 3.78. The molecule has 1 aliphatic heterocycles. The Morgan fingerprint density at radius 3 is 2.68 bits per heavy atom. The van der Waals surface area contributed by atoms with Crippen LogP contribution in [0.4, 0.5) is 4.39 Å². The van der Waals surface area contributed by atoms with Gasteiger partial charge < -0.3 is 4.90 Å². The number of benzene rings is 1. The van der Waals surface area contributed by atoms with Crippen molar-refractivity contribution < 1.29 is 9.18 Å². The number of piperidine rings is 1. The highest BCUT2D eigenvalue weighted by Crippen LogP contribution is 2.26. The van der Waals surface area contributed by atoms with Crippen molar-refractivity contribution in [2.24, 2.45) is 5.92 Å². The highest BCUT2D eigenvalue weighted by Gasteiger charge is 2.26. The molecular formula is C15H19BrFNO. The first-order valence-corrected chi connectivity index (χ1v) is 7.66. The number of likely N-dealkylation sites (tertiary alicyclic amines) is 1. The van der Waals surface area contributed by atoms with Crippen molar-refractivity contribution in [1.29, 1.82) is 0 Å². The lowest BCUT2D eigenvalue weighted by atomic mass is 9.92. The molecule has 1 aliphatic rings. The van der Waals surface area contributed by atoms with Crippen molar-refractivity contribution in [3.63, 3.8) is 0 Å². The van der Waals surface area contributed by atoms with E-state index in [2.05, 4.69) is 22.9 Å².